The van der Waals surface area contributed by atoms with E-state index >= 15 is 0 Å². The second-order valence-corrected chi connectivity index (χ2v) is 10.3. The van der Waals surface area contributed by atoms with Crippen molar-refractivity contribution in [3.63, 3.8) is 0 Å². The molecule has 0 amide bonds. The molecule has 1 aliphatic heterocycles. The van der Waals surface area contributed by atoms with E-state index in [-0.39, 0.29) is 6.97 Å². The fourth-order valence-electron chi connectivity index (χ4n) is 5.51. The molecule has 1 spiro atoms. The van der Waals surface area contributed by atoms with Crippen LogP contribution in [0.1, 0.15) is 40.0 Å². The number of benzene rings is 2. The van der Waals surface area contributed by atoms with Gasteiger partial charge in [-0.1, -0.05) is 6.42 Å². The highest BCUT2D eigenvalue weighted by Crippen LogP contribution is 2.50. The van der Waals surface area contributed by atoms with Crippen LogP contribution < -0.4 is 19.7 Å². The third-order valence-electron chi connectivity index (χ3n) is 8.24. The third kappa shape index (κ3) is 3.82. The van der Waals surface area contributed by atoms with E-state index in [2.05, 4.69) is 52.7 Å². The Morgan fingerprint density at radius 3 is 2.42 bits per heavy atom. The monoisotopic (exact) mass is 445 g/mol. The Balaban J connectivity index is 0.00000241. The van der Waals surface area contributed by atoms with Crippen molar-refractivity contribution < 1.29 is 10.9 Å². The quantitative estimate of drug-likeness (QED) is 0.508. The van der Waals surface area contributed by atoms with E-state index in [1.165, 1.54) is 49.6 Å². The van der Waals surface area contributed by atoms with Crippen LogP contribution in [0.4, 0.5) is 5.69 Å². The van der Waals surface area contributed by atoms with Gasteiger partial charge in [0.05, 0.1) is 23.9 Å². The summed E-state index contributed by atoms with van der Waals surface area (Å²) in [5.41, 5.74) is 5.13. The molecule has 2 aliphatic carbocycles. The van der Waals surface area contributed by atoms with Crippen LogP contribution in [0.5, 0.6) is 11.5 Å². The lowest BCUT2D eigenvalue weighted by atomic mass is 9.68. The summed E-state index contributed by atoms with van der Waals surface area (Å²) < 4.78 is 11.6. The molecule has 2 heterocycles. The van der Waals surface area contributed by atoms with Crippen molar-refractivity contribution in [1.29, 1.82) is 0 Å². The number of hydrogen-bond donors (Lipinski definition) is 1. The minimum absolute atomic E-state index is 0. The number of anilines is 1. The molecule has 6 rings (SSSR count). The lowest BCUT2D eigenvalue weighted by Crippen LogP contribution is -2.33. The van der Waals surface area contributed by atoms with Gasteiger partial charge in [-0.2, -0.15) is 0 Å². The van der Waals surface area contributed by atoms with E-state index in [0.717, 1.165) is 48.0 Å². The van der Waals surface area contributed by atoms with Crippen molar-refractivity contribution in [3.8, 4) is 22.8 Å². The number of nitrogens with one attached hydrogen (secondary N) is 1. The Hall–Kier alpha value is -2.79. The van der Waals surface area contributed by atoms with Crippen LogP contribution in [-0.4, -0.2) is 44.4 Å². The lowest BCUT2D eigenvalue weighted by molar-refractivity contribution is 0.165. The number of pyridine rings is 1. The first-order valence-corrected chi connectivity index (χ1v) is 12.3. The zero-order chi connectivity index (χ0) is 22.5. The molecular formula is C28H35N3O2. The predicted octanol–water partition coefficient (Wildman–Crippen LogP) is 5.67. The average molecular weight is 446 g/mol. The number of nitrogens with zero attached hydrogens (tertiary/aromatic N) is 2. The van der Waals surface area contributed by atoms with Gasteiger partial charge in [0, 0.05) is 37.2 Å². The van der Waals surface area contributed by atoms with Crippen LogP contribution in [0.25, 0.3) is 22.2 Å². The summed E-state index contributed by atoms with van der Waals surface area (Å²) in [6.07, 6.45) is 7.83. The lowest BCUT2D eigenvalue weighted by Gasteiger charge is -2.38. The molecule has 2 aromatic carbocycles. The number of likely N-dealkylation sites (N-methyl/N-ethyl adjacent to an activating group) is 1. The molecule has 5 nitrogen and oxygen atoms in total. The number of fused-ring (bicyclic) bond motifs is 1. The molecular weight excluding hydrogens is 410 g/mol. The summed E-state index contributed by atoms with van der Waals surface area (Å²) in [5.74, 6) is 1.76. The number of hydrogen-bond acceptors (Lipinski definition) is 5. The van der Waals surface area contributed by atoms with E-state index in [0.29, 0.717) is 5.41 Å². The standard InChI is InChI=1S/C28H33N3O2.H2/c1-29-28(12-13-28)19-33-21-6-4-20(5-7-21)24-17-26(31-15-14-27(18-31)10-3-11-27)23-9-8-22(32-2)16-25(23)30-24;/h4-9,16-17,29H,3,10-15,18-19H2,1-2H3;1H. The highest BCUT2D eigenvalue weighted by Gasteiger charge is 2.43. The van der Waals surface area contributed by atoms with Crippen LogP contribution in [0.2, 0.25) is 0 Å². The molecule has 5 heteroatoms. The van der Waals surface area contributed by atoms with Gasteiger partial charge in [0.1, 0.15) is 18.1 Å². The third-order valence-corrected chi connectivity index (χ3v) is 8.24. The van der Waals surface area contributed by atoms with E-state index in [9.17, 15) is 0 Å². The van der Waals surface area contributed by atoms with E-state index in [4.69, 9.17) is 14.5 Å². The molecule has 1 saturated heterocycles. The van der Waals surface area contributed by atoms with Crippen LogP contribution in [-0.2, 0) is 0 Å². The maximum absolute atomic E-state index is 6.05. The van der Waals surface area contributed by atoms with Crippen LogP contribution in [0.15, 0.2) is 48.5 Å². The van der Waals surface area contributed by atoms with E-state index in [1.54, 1.807) is 7.11 Å². The van der Waals surface area contributed by atoms with Crippen molar-refractivity contribution in [2.75, 3.05) is 38.8 Å². The zero-order valence-corrected chi connectivity index (χ0v) is 19.7. The largest absolute Gasteiger partial charge is 0.497 e. The molecule has 3 aliphatic rings. The topological polar surface area (TPSA) is 46.6 Å². The van der Waals surface area contributed by atoms with Gasteiger partial charge in [-0.15, -0.1) is 0 Å². The Morgan fingerprint density at radius 2 is 1.79 bits per heavy atom. The molecule has 3 aromatic rings. The van der Waals surface area contributed by atoms with Gasteiger partial charge < -0.3 is 19.7 Å². The summed E-state index contributed by atoms with van der Waals surface area (Å²) in [6, 6.07) is 16.9. The number of aromatic nitrogens is 1. The maximum atomic E-state index is 6.05. The molecule has 33 heavy (non-hydrogen) atoms. The molecule has 0 radical (unpaired) electrons. The van der Waals surface area contributed by atoms with Crippen LogP contribution >= 0.6 is 0 Å². The number of methoxy groups -OCH3 is 1. The van der Waals surface area contributed by atoms with Gasteiger partial charge in [-0.3, -0.25) is 0 Å². The fraction of sp³-hybridized carbons (Fsp3) is 0.464. The first-order valence-electron chi connectivity index (χ1n) is 12.3. The molecule has 3 fully saturated rings. The Bertz CT molecular complexity index is 1170. The summed E-state index contributed by atoms with van der Waals surface area (Å²) in [4.78, 5) is 7.62. The molecule has 1 N–H and O–H groups in total. The maximum Gasteiger partial charge on any atom is 0.121 e. The minimum atomic E-state index is 0. The van der Waals surface area contributed by atoms with Crippen LogP contribution in [0.3, 0.4) is 0 Å². The molecule has 0 unspecified atom stereocenters. The van der Waals surface area contributed by atoms with Gasteiger partial charge in [0.15, 0.2) is 0 Å². The normalized spacial score (nSPS) is 20.1. The average Bonchev–Trinajstić information content (AvgIpc) is 3.48. The van der Waals surface area contributed by atoms with Gasteiger partial charge in [0.2, 0.25) is 0 Å². The molecule has 0 bridgehead atoms. The second kappa shape index (κ2) is 7.91. The van der Waals surface area contributed by atoms with Gasteiger partial charge in [-0.25, -0.2) is 4.98 Å². The highest BCUT2D eigenvalue weighted by atomic mass is 16.5. The number of ether oxygens (including phenoxy) is 2. The van der Waals surface area contributed by atoms with E-state index in [1.807, 2.05) is 13.1 Å². The first-order chi connectivity index (χ1) is 16.1. The van der Waals surface area contributed by atoms with Crippen molar-refractivity contribution in [3.05, 3.63) is 48.5 Å². The van der Waals surface area contributed by atoms with Crippen molar-refractivity contribution in [2.45, 2.75) is 44.1 Å². The molecule has 174 valence electrons. The molecule has 2 saturated carbocycles. The Morgan fingerprint density at radius 1 is 1.00 bits per heavy atom. The summed E-state index contributed by atoms with van der Waals surface area (Å²) in [7, 11) is 3.73. The molecule has 1 aromatic heterocycles. The smallest absolute Gasteiger partial charge is 0.121 e. The molecule has 0 atom stereocenters. The fourth-order valence-corrected chi connectivity index (χ4v) is 5.51. The second-order valence-electron chi connectivity index (χ2n) is 10.3. The Labute approximate surface area is 197 Å². The highest BCUT2D eigenvalue weighted by molar-refractivity contribution is 5.95. The SMILES string of the molecule is CNC1(COc2ccc(-c3cc(N4CCC5(CCC5)C4)c4ccc(OC)cc4n3)cc2)CC1.[HH]. The van der Waals surface area contributed by atoms with E-state index < -0.39 is 0 Å². The number of rotatable bonds is 7. The summed E-state index contributed by atoms with van der Waals surface area (Å²) in [5, 5.41) is 4.59. The van der Waals surface area contributed by atoms with Crippen molar-refractivity contribution in [1.82, 2.24) is 10.3 Å². The van der Waals surface area contributed by atoms with Gasteiger partial charge in [0.25, 0.3) is 0 Å². The van der Waals surface area contributed by atoms with Crippen molar-refractivity contribution >= 4 is 16.6 Å². The predicted molar refractivity (Wildman–Crippen MR) is 135 cm³/mol. The first kappa shape index (κ1) is 20.8. The zero-order valence-electron chi connectivity index (χ0n) is 19.7. The summed E-state index contributed by atoms with van der Waals surface area (Å²) >= 11 is 0. The Kier molecular flexibility index (Phi) is 4.98. The minimum Gasteiger partial charge on any atom is -0.497 e. The van der Waals surface area contributed by atoms with Crippen LogP contribution in [0, 0.1) is 5.41 Å². The van der Waals surface area contributed by atoms with Gasteiger partial charge >= 0.3 is 0 Å². The summed E-state index contributed by atoms with van der Waals surface area (Å²) in [6.45, 7) is 3.01. The van der Waals surface area contributed by atoms with Crippen molar-refractivity contribution in [2.24, 2.45) is 5.41 Å². The van der Waals surface area contributed by atoms with Gasteiger partial charge in [-0.05, 0) is 87.0 Å².